The molecule has 18 heavy (non-hydrogen) atoms. The van der Waals surface area contributed by atoms with Crippen LogP contribution in [0.4, 0.5) is 0 Å². The first-order valence-electron chi connectivity index (χ1n) is 6.57. The molecule has 1 aromatic heterocycles. The lowest BCUT2D eigenvalue weighted by atomic mass is 9.99. The highest BCUT2D eigenvalue weighted by Gasteiger charge is 2.44. The van der Waals surface area contributed by atoms with Crippen LogP contribution < -0.4 is 5.32 Å². The van der Waals surface area contributed by atoms with Crippen molar-refractivity contribution in [2.24, 2.45) is 5.92 Å². The molecule has 3 unspecified atom stereocenters. The molecule has 0 amide bonds. The predicted molar refractivity (Wildman–Crippen MR) is 78.1 cm³/mol. The minimum Gasteiger partial charge on any atom is -0.313 e. The summed E-state index contributed by atoms with van der Waals surface area (Å²) in [7, 11) is 2.09. The first-order chi connectivity index (χ1) is 8.81. The summed E-state index contributed by atoms with van der Waals surface area (Å²) in [6.07, 6.45) is 1.31. The lowest BCUT2D eigenvalue weighted by Crippen LogP contribution is -2.19. The molecule has 94 valence electrons. The van der Waals surface area contributed by atoms with Crippen molar-refractivity contribution in [3.8, 4) is 0 Å². The minimum atomic E-state index is 0.515. The first-order valence-corrected chi connectivity index (χ1v) is 7.45. The Morgan fingerprint density at radius 2 is 2.00 bits per heavy atom. The number of hydrogen-bond donors (Lipinski definition) is 1. The molecule has 1 fully saturated rings. The van der Waals surface area contributed by atoms with Crippen LogP contribution in [0.2, 0.25) is 0 Å². The Labute approximate surface area is 113 Å². The second-order valence-corrected chi connectivity index (χ2v) is 6.24. The summed E-state index contributed by atoms with van der Waals surface area (Å²) in [5.41, 5.74) is 2.99. The monoisotopic (exact) mass is 257 g/mol. The van der Waals surface area contributed by atoms with Gasteiger partial charge >= 0.3 is 0 Å². The zero-order valence-corrected chi connectivity index (χ0v) is 11.7. The molecule has 3 rings (SSSR count). The Balaban J connectivity index is 1.79. The molecule has 3 atom stereocenters. The maximum atomic E-state index is 3.51. The van der Waals surface area contributed by atoms with Gasteiger partial charge in [-0.25, -0.2) is 0 Å². The SMILES string of the molecule is CNC(c1ccsc1C)C1CC1c1ccccc1. The van der Waals surface area contributed by atoms with Gasteiger partial charge in [-0.05, 0) is 54.8 Å². The summed E-state index contributed by atoms with van der Waals surface area (Å²) >= 11 is 1.85. The Hall–Kier alpha value is -1.12. The van der Waals surface area contributed by atoms with E-state index in [4.69, 9.17) is 0 Å². The molecule has 1 aliphatic rings. The third kappa shape index (κ3) is 2.11. The van der Waals surface area contributed by atoms with Gasteiger partial charge in [0.1, 0.15) is 0 Å². The van der Waals surface area contributed by atoms with Gasteiger partial charge in [-0.1, -0.05) is 30.3 Å². The Kier molecular flexibility index (Phi) is 3.23. The van der Waals surface area contributed by atoms with Crippen molar-refractivity contribution in [2.45, 2.75) is 25.3 Å². The van der Waals surface area contributed by atoms with Gasteiger partial charge in [0.15, 0.2) is 0 Å². The van der Waals surface area contributed by atoms with Gasteiger partial charge in [0.05, 0.1) is 0 Å². The van der Waals surface area contributed by atoms with Gasteiger partial charge < -0.3 is 5.32 Å². The molecule has 1 aliphatic carbocycles. The van der Waals surface area contributed by atoms with Crippen molar-refractivity contribution >= 4 is 11.3 Å². The van der Waals surface area contributed by atoms with E-state index in [9.17, 15) is 0 Å². The standard InChI is InChI=1S/C16H19NS/c1-11-13(8-9-18-11)16(17-2)15-10-14(15)12-6-4-3-5-7-12/h3-9,14-17H,10H2,1-2H3. The molecule has 0 aliphatic heterocycles. The van der Waals surface area contributed by atoms with Crippen molar-refractivity contribution in [2.75, 3.05) is 7.05 Å². The topological polar surface area (TPSA) is 12.0 Å². The van der Waals surface area contributed by atoms with Crippen LogP contribution in [0, 0.1) is 12.8 Å². The van der Waals surface area contributed by atoms with Crippen LogP contribution in [0.25, 0.3) is 0 Å². The third-order valence-corrected chi connectivity index (χ3v) is 4.90. The number of rotatable bonds is 4. The largest absolute Gasteiger partial charge is 0.313 e. The van der Waals surface area contributed by atoms with E-state index < -0.39 is 0 Å². The number of nitrogens with one attached hydrogen (secondary N) is 1. The molecule has 2 heteroatoms. The van der Waals surface area contributed by atoms with Crippen LogP contribution in [0.1, 0.15) is 34.4 Å². The van der Waals surface area contributed by atoms with Crippen LogP contribution in [0.3, 0.4) is 0 Å². The zero-order chi connectivity index (χ0) is 12.5. The van der Waals surface area contributed by atoms with Crippen molar-refractivity contribution in [3.05, 3.63) is 57.8 Å². The first kappa shape index (κ1) is 11.9. The quantitative estimate of drug-likeness (QED) is 0.868. The molecule has 0 spiro atoms. The molecule has 1 saturated carbocycles. The highest BCUT2D eigenvalue weighted by atomic mass is 32.1. The summed E-state index contributed by atoms with van der Waals surface area (Å²) in [5.74, 6) is 1.49. The summed E-state index contributed by atoms with van der Waals surface area (Å²) in [5, 5.41) is 5.72. The average Bonchev–Trinajstić information content (AvgIpc) is 3.08. The van der Waals surface area contributed by atoms with Crippen molar-refractivity contribution in [1.82, 2.24) is 5.32 Å². The Morgan fingerprint density at radius 3 is 2.61 bits per heavy atom. The van der Waals surface area contributed by atoms with E-state index in [1.54, 1.807) is 0 Å². The molecule has 1 aromatic carbocycles. The molecule has 2 aromatic rings. The molecule has 0 bridgehead atoms. The van der Waals surface area contributed by atoms with Crippen LogP contribution in [-0.4, -0.2) is 7.05 Å². The molecule has 0 saturated heterocycles. The molecular weight excluding hydrogens is 238 g/mol. The molecular formula is C16H19NS. The van der Waals surface area contributed by atoms with E-state index in [-0.39, 0.29) is 0 Å². The van der Waals surface area contributed by atoms with E-state index in [0.29, 0.717) is 6.04 Å². The second-order valence-electron chi connectivity index (χ2n) is 5.12. The van der Waals surface area contributed by atoms with Crippen LogP contribution in [0.5, 0.6) is 0 Å². The number of aryl methyl sites for hydroxylation is 1. The molecule has 0 radical (unpaired) electrons. The fourth-order valence-electron chi connectivity index (χ4n) is 2.98. The minimum absolute atomic E-state index is 0.515. The van der Waals surface area contributed by atoms with Gasteiger partial charge in [-0.3, -0.25) is 0 Å². The Bertz CT molecular complexity index is 517. The highest BCUT2D eigenvalue weighted by molar-refractivity contribution is 7.10. The fraction of sp³-hybridized carbons (Fsp3) is 0.375. The summed E-state index contributed by atoms with van der Waals surface area (Å²) in [6, 6.07) is 13.7. The Morgan fingerprint density at radius 1 is 1.22 bits per heavy atom. The smallest absolute Gasteiger partial charge is 0.0363 e. The van der Waals surface area contributed by atoms with Crippen LogP contribution in [-0.2, 0) is 0 Å². The van der Waals surface area contributed by atoms with E-state index in [0.717, 1.165) is 11.8 Å². The van der Waals surface area contributed by atoms with E-state index in [1.165, 1.54) is 22.4 Å². The number of thiophene rings is 1. The average molecular weight is 257 g/mol. The van der Waals surface area contributed by atoms with Gasteiger partial charge in [-0.2, -0.15) is 0 Å². The summed E-state index contributed by atoms with van der Waals surface area (Å²) in [4.78, 5) is 1.45. The molecule has 1 heterocycles. The summed E-state index contributed by atoms with van der Waals surface area (Å²) in [6.45, 7) is 2.23. The normalized spacial score (nSPS) is 23.9. The van der Waals surface area contributed by atoms with E-state index >= 15 is 0 Å². The van der Waals surface area contributed by atoms with E-state index in [2.05, 4.69) is 61.1 Å². The fourth-order valence-corrected chi connectivity index (χ4v) is 3.73. The van der Waals surface area contributed by atoms with E-state index in [1.807, 2.05) is 11.3 Å². The second kappa shape index (κ2) is 4.87. The maximum Gasteiger partial charge on any atom is 0.0363 e. The van der Waals surface area contributed by atoms with Crippen molar-refractivity contribution in [1.29, 1.82) is 0 Å². The van der Waals surface area contributed by atoms with Crippen molar-refractivity contribution < 1.29 is 0 Å². The lowest BCUT2D eigenvalue weighted by molar-refractivity contribution is 0.517. The molecule has 1 N–H and O–H groups in total. The van der Waals surface area contributed by atoms with Gasteiger partial charge in [0, 0.05) is 10.9 Å². The summed E-state index contributed by atoms with van der Waals surface area (Å²) < 4.78 is 0. The van der Waals surface area contributed by atoms with Crippen LogP contribution >= 0.6 is 11.3 Å². The van der Waals surface area contributed by atoms with Gasteiger partial charge in [0.25, 0.3) is 0 Å². The van der Waals surface area contributed by atoms with Gasteiger partial charge in [-0.15, -0.1) is 11.3 Å². The third-order valence-electron chi connectivity index (χ3n) is 4.04. The maximum absolute atomic E-state index is 3.51. The predicted octanol–water partition coefficient (Wildman–Crippen LogP) is 4.12. The van der Waals surface area contributed by atoms with Gasteiger partial charge in [0.2, 0.25) is 0 Å². The molecule has 1 nitrogen and oxygen atoms in total. The zero-order valence-electron chi connectivity index (χ0n) is 10.9. The lowest BCUT2D eigenvalue weighted by Gasteiger charge is -2.16. The van der Waals surface area contributed by atoms with Crippen LogP contribution in [0.15, 0.2) is 41.8 Å². The van der Waals surface area contributed by atoms with Crippen molar-refractivity contribution in [3.63, 3.8) is 0 Å². The number of benzene rings is 1. The highest BCUT2D eigenvalue weighted by Crippen LogP contribution is 2.54. The number of hydrogen-bond acceptors (Lipinski definition) is 2.